The minimum Gasteiger partial charge on any atom is -0.369 e. The van der Waals surface area contributed by atoms with E-state index in [4.69, 9.17) is 5.73 Å². The van der Waals surface area contributed by atoms with Crippen LogP contribution in [0.25, 0.3) is 0 Å². The second-order valence-corrected chi connectivity index (χ2v) is 5.18. The van der Waals surface area contributed by atoms with E-state index >= 15 is 0 Å². The summed E-state index contributed by atoms with van der Waals surface area (Å²) in [5, 5.41) is 3.40. The highest BCUT2D eigenvalue weighted by molar-refractivity contribution is 9.10. The lowest BCUT2D eigenvalue weighted by molar-refractivity contribution is 0.0999. The van der Waals surface area contributed by atoms with E-state index in [0.717, 1.165) is 29.8 Å². The average Bonchev–Trinajstić information content (AvgIpc) is 2.28. The molecule has 17 heavy (non-hydrogen) atoms. The number of piperazine rings is 1. The van der Waals surface area contributed by atoms with Gasteiger partial charge in [0.15, 0.2) is 0 Å². The van der Waals surface area contributed by atoms with Gasteiger partial charge in [0.05, 0.1) is 5.56 Å². The van der Waals surface area contributed by atoms with Crippen LogP contribution in [0.5, 0.6) is 0 Å². The zero-order valence-corrected chi connectivity index (χ0v) is 11.3. The van der Waals surface area contributed by atoms with Gasteiger partial charge in [-0.3, -0.25) is 4.79 Å². The fourth-order valence-corrected chi connectivity index (χ4v) is 2.63. The standard InChI is InChI=1S/C12H16BrN3O/c1-8-7-16(5-4-15-8)9-2-3-10(12(14)17)11(13)6-9/h2-3,6,8,15H,4-5,7H2,1H3,(H2,14,17). The highest BCUT2D eigenvalue weighted by Gasteiger charge is 2.17. The number of nitrogens with one attached hydrogen (secondary N) is 1. The Balaban J connectivity index is 2.22. The molecular weight excluding hydrogens is 282 g/mol. The summed E-state index contributed by atoms with van der Waals surface area (Å²) in [6.07, 6.45) is 0. The lowest BCUT2D eigenvalue weighted by atomic mass is 10.1. The molecule has 3 N–H and O–H groups in total. The van der Waals surface area contributed by atoms with Crippen LogP contribution in [0, 0.1) is 0 Å². The Morgan fingerprint density at radius 1 is 1.59 bits per heavy atom. The molecule has 1 atom stereocenters. The van der Waals surface area contributed by atoms with Crippen molar-refractivity contribution in [2.75, 3.05) is 24.5 Å². The molecule has 0 bridgehead atoms. The van der Waals surface area contributed by atoms with E-state index in [9.17, 15) is 4.79 Å². The van der Waals surface area contributed by atoms with Crippen molar-refractivity contribution in [3.8, 4) is 0 Å². The Morgan fingerprint density at radius 3 is 2.94 bits per heavy atom. The molecule has 1 aliphatic rings. The first kappa shape index (κ1) is 12.4. The van der Waals surface area contributed by atoms with Gasteiger partial charge in [0, 0.05) is 35.8 Å². The van der Waals surface area contributed by atoms with Crippen molar-refractivity contribution >= 4 is 27.5 Å². The van der Waals surface area contributed by atoms with Gasteiger partial charge in [-0.1, -0.05) is 0 Å². The van der Waals surface area contributed by atoms with Crippen molar-refractivity contribution < 1.29 is 4.79 Å². The molecule has 1 aliphatic heterocycles. The van der Waals surface area contributed by atoms with Crippen molar-refractivity contribution in [2.45, 2.75) is 13.0 Å². The van der Waals surface area contributed by atoms with E-state index in [-0.39, 0.29) is 0 Å². The van der Waals surface area contributed by atoms with Gasteiger partial charge in [0.25, 0.3) is 0 Å². The fraction of sp³-hybridized carbons (Fsp3) is 0.417. The maximum Gasteiger partial charge on any atom is 0.249 e. The van der Waals surface area contributed by atoms with Gasteiger partial charge in [-0.15, -0.1) is 0 Å². The van der Waals surface area contributed by atoms with Crippen molar-refractivity contribution in [2.24, 2.45) is 5.73 Å². The Morgan fingerprint density at radius 2 is 2.35 bits per heavy atom. The van der Waals surface area contributed by atoms with Gasteiger partial charge in [0.1, 0.15) is 0 Å². The fourth-order valence-electron chi connectivity index (χ4n) is 2.07. The minimum atomic E-state index is -0.405. The third kappa shape index (κ3) is 2.79. The number of carbonyl (C=O) groups is 1. The van der Waals surface area contributed by atoms with Gasteiger partial charge in [-0.05, 0) is 41.1 Å². The van der Waals surface area contributed by atoms with E-state index in [1.54, 1.807) is 6.07 Å². The van der Waals surface area contributed by atoms with Crippen molar-refractivity contribution in [1.82, 2.24) is 5.32 Å². The van der Waals surface area contributed by atoms with Crippen LogP contribution in [0.3, 0.4) is 0 Å². The maximum atomic E-state index is 11.1. The number of hydrogen-bond donors (Lipinski definition) is 2. The molecule has 0 radical (unpaired) electrons. The van der Waals surface area contributed by atoms with Gasteiger partial charge < -0.3 is 16.0 Å². The van der Waals surface area contributed by atoms with Crippen LogP contribution in [0.4, 0.5) is 5.69 Å². The summed E-state index contributed by atoms with van der Waals surface area (Å²) in [6.45, 7) is 5.10. The van der Waals surface area contributed by atoms with E-state index in [0.29, 0.717) is 11.6 Å². The Kier molecular flexibility index (Phi) is 3.69. The first-order chi connectivity index (χ1) is 8.08. The predicted octanol–water partition coefficient (Wildman–Crippen LogP) is 1.35. The lowest BCUT2D eigenvalue weighted by Gasteiger charge is -2.33. The summed E-state index contributed by atoms with van der Waals surface area (Å²) in [5.74, 6) is -0.405. The predicted molar refractivity (Wildman–Crippen MR) is 72.3 cm³/mol. The van der Waals surface area contributed by atoms with Crippen LogP contribution < -0.4 is 16.0 Å². The number of rotatable bonds is 2. The first-order valence-electron chi connectivity index (χ1n) is 5.65. The summed E-state index contributed by atoms with van der Waals surface area (Å²) in [6, 6.07) is 6.16. The largest absolute Gasteiger partial charge is 0.369 e. The SMILES string of the molecule is CC1CN(c2ccc(C(N)=O)c(Br)c2)CCN1. The molecule has 1 heterocycles. The topological polar surface area (TPSA) is 58.4 Å². The first-order valence-corrected chi connectivity index (χ1v) is 6.45. The molecule has 0 spiro atoms. The minimum absolute atomic E-state index is 0.405. The molecule has 4 nitrogen and oxygen atoms in total. The third-order valence-corrected chi connectivity index (χ3v) is 3.61. The summed E-state index contributed by atoms with van der Waals surface area (Å²) >= 11 is 3.39. The molecule has 5 heteroatoms. The van der Waals surface area contributed by atoms with Gasteiger partial charge in [-0.25, -0.2) is 0 Å². The van der Waals surface area contributed by atoms with E-state index in [2.05, 4.69) is 33.1 Å². The smallest absolute Gasteiger partial charge is 0.249 e. The molecule has 1 unspecified atom stereocenters. The van der Waals surface area contributed by atoms with Gasteiger partial charge >= 0.3 is 0 Å². The number of benzene rings is 1. The van der Waals surface area contributed by atoms with Crippen LogP contribution >= 0.6 is 15.9 Å². The number of nitrogens with two attached hydrogens (primary N) is 1. The summed E-state index contributed by atoms with van der Waals surface area (Å²) in [5.41, 5.74) is 6.92. The molecule has 0 aromatic heterocycles. The normalized spacial score (nSPS) is 20.4. The van der Waals surface area contributed by atoms with Crippen LogP contribution in [-0.2, 0) is 0 Å². The Bertz CT molecular complexity index is 436. The Labute approximate surface area is 109 Å². The number of halogens is 1. The van der Waals surface area contributed by atoms with Crippen LogP contribution in [0.2, 0.25) is 0 Å². The van der Waals surface area contributed by atoms with Crippen LogP contribution in [-0.4, -0.2) is 31.6 Å². The second kappa shape index (κ2) is 5.06. The summed E-state index contributed by atoms with van der Waals surface area (Å²) < 4.78 is 0.758. The highest BCUT2D eigenvalue weighted by Crippen LogP contribution is 2.24. The number of primary amides is 1. The number of nitrogens with zero attached hydrogens (tertiary/aromatic N) is 1. The maximum absolute atomic E-state index is 11.1. The van der Waals surface area contributed by atoms with E-state index in [1.807, 2.05) is 12.1 Å². The molecule has 1 fully saturated rings. The number of amides is 1. The second-order valence-electron chi connectivity index (χ2n) is 4.33. The average molecular weight is 298 g/mol. The molecule has 0 saturated carbocycles. The molecule has 1 amide bonds. The third-order valence-electron chi connectivity index (χ3n) is 2.95. The monoisotopic (exact) mass is 297 g/mol. The molecule has 2 rings (SSSR count). The van der Waals surface area contributed by atoms with Crippen LogP contribution in [0.15, 0.2) is 22.7 Å². The quantitative estimate of drug-likeness (QED) is 0.866. The molecule has 1 aromatic carbocycles. The van der Waals surface area contributed by atoms with Crippen molar-refractivity contribution in [3.63, 3.8) is 0 Å². The van der Waals surface area contributed by atoms with E-state index < -0.39 is 5.91 Å². The number of anilines is 1. The molecule has 92 valence electrons. The highest BCUT2D eigenvalue weighted by atomic mass is 79.9. The molecular formula is C12H16BrN3O. The summed E-state index contributed by atoms with van der Waals surface area (Å²) in [7, 11) is 0. The molecule has 1 saturated heterocycles. The lowest BCUT2D eigenvalue weighted by Crippen LogP contribution is -2.49. The van der Waals surface area contributed by atoms with Crippen molar-refractivity contribution in [1.29, 1.82) is 0 Å². The van der Waals surface area contributed by atoms with Gasteiger partial charge in [0.2, 0.25) is 5.91 Å². The van der Waals surface area contributed by atoms with Gasteiger partial charge in [-0.2, -0.15) is 0 Å². The number of carbonyl (C=O) groups excluding carboxylic acids is 1. The zero-order chi connectivity index (χ0) is 12.4. The molecule has 0 aliphatic carbocycles. The van der Waals surface area contributed by atoms with Crippen molar-refractivity contribution in [3.05, 3.63) is 28.2 Å². The van der Waals surface area contributed by atoms with E-state index in [1.165, 1.54) is 0 Å². The number of hydrogen-bond acceptors (Lipinski definition) is 3. The Hall–Kier alpha value is -1.07. The zero-order valence-electron chi connectivity index (χ0n) is 9.74. The summed E-state index contributed by atoms with van der Waals surface area (Å²) in [4.78, 5) is 13.4. The molecule has 1 aromatic rings. The van der Waals surface area contributed by atoms with Crippen LogP contribution in [0.1, 0.15) is 17.3 Å².